The molecule has 1 N–H and O–H groups in total. The van der Waals surface area contributed by atoms with Gasteiger partial charge in [-0.2, -0.15) is 0 Å². The Bertz CT molecular complexity index is 576. The minimum atomic E-state index is 0.0474. The summed E-state index contributed by atoms with van der Waals surface area (Å²) in [6, 6.07) is 5.60. The van der Waals surface area contributed by atoms with Gasteiger partial charge in [0.15, 0.2) is 0 Å². The van der Waals surface area contributed by atoms with Crippen molar-refractivity contribution >= 4 is 29.1 Å². The lowest BCUT2D eigenvalue weighted by molar-refractivity contribution is -0.127. The van der Waals surface area contributed by atoms with Gasteiger partial charge in [0.05, 0.1) is 12.0 Å². The van der Waals surface area contributed by atoms with Gasteiger partial charge in [-0.3, -0.25) is 9.69 Å². The zero-order chi connectivity index (χ0) is 16.9. The number of hydrogen-bond acceptors (Lipinski definition) is 3. The molecule has 2 aliphatic heterocycles. The van der Waals surface area contributed by atoms with E-state index in [1.165, 1.54) is 0 Å². The molecular weight excluding hydrogens is 347 g/mol. The number of rotatable bonds is 5. The maximum atomic E-state index is 12.4. The lowest BCUT2D eigenvalue weighted by Crippen LogP contribution is -2.44. The van der Waals surface area contributed by atoms with Gasteiger partial charge in [-0.05, 0) is 49.9 Å². The van der Waals surface area contributed by atoms with Gasteiger partial charge in [-0.1, -0.05) is 29.3 Å². The van der Waals surface area contributed by atoms with E-state index in [4.69, 9.17) is 27.9 Å². The van der Waals surface area contributed by atoms with Crippen LogP contribution in [-0.2, 0) is 16.1 Å². The first kappa shape index (κ1) is 18.0. The van der Waals surface area contributed by atoms with E-state index in [-0.39, 0.29) is 17.9 Å². The van der Waals surface area contributed by atoms with Crippen molar-refractivity contribution in [3.8, 4) is 0 Å². The highest BCUT2D eigenvalue weighted by Gasteiger charge is 2.27. The molecule has 0 aromatic heterocycles. The zero-order valence-electron chi connectivity index (χ0n) is 13.8. The number of nitrogens with zero attached hydrogens (tertiary/aromatic N) is 1. The predicted octanol–water partition coefficient (Wildman–Crippen LogP) is 3.50. The first-order valence-corrected chi connectivity index (χ1v) is 9.43. The fourth-order valence-corrected chi connectivity index (χ4v) is 3.94. The molecule has 4 nitrogen and oxygen atoms in total. The molecule has 1 amide bonds. The van der Waals surface area contributed by atoms with E-state index < -0.39 is 0 Å². The Kier molecular flexibility index (Phi) is 6.39. The second-order valence-electron chi connectivity index (χ2n) is 6.69. The third kappa shape index (κ3) is 4.85. The first-order valence-electron chi connectivity index (χ1n) is 8.67. The number of likely N-dealkylation sites (tertiary alicyclic amines) is 1. The van der Waals surface area contributed by atoms with E-state index in [9.17, 15) is 4.79 Å². The fraction of sp³-hybridized carbons (Fsp3) is 0.611. The second kappa shape index (κ2) is 8.52. The molecule has 24 heavy (non-hydrogen) atoms. The Labute approximate surface area is 153 Å². The van der Waals surface area contributed by atoms with Crippen molar-refractivity contribution in [1.29, 1.82) is 0 Å². The highest BCUT2D eigenvalue weighted by molar-refractivity contribution is 6.35. The maximum absolute atomic E-state index is 12.4. The number of piperidine rings is 1. The minimum Gasteiger partial charge on any atom is -0.376 e. The van der Waals surface area contributed by atoms with Crippen LogP contribution in [0, 0.1) is 5.92 Å². The molecule has 0 radical (unpaired) electrons. The van der Waals surface area contributed by atoms with Crippen LogP contribution in [0.1, 0.15) is 31.2 Å². The van der Waals surface area contributed by atoms with Crippen molar-refractivity contribution in [2.24, 2.45) is 5.92 Å². The number of benzene rings is 1. The van der Waals surface area contributed by atoms with Crippen molar-refractivity contribution in [3.05, 3.63) is 33.8 Å². The van der Waals surface area contributed by atoms with Crippen molar-refractivity contribution in [2.45, 2.75) is 38.3 Å². The smallest absolute Gasteiger partial charge is 0.224 e. The van der Waals surface area contributed by atoms with E-state index in [0.717, 1.165) is 57.5 Å². The number of carbonyl (C=O) groups excluding carboxylic acids is 1. The lowest BCUT2D eigenvalue weighted by atomic mass is 9.96. The van der Waals surface area contributed by atoms with Crippen molar-refractivity contribution < 1.29 is 9.53 Å². The van der Waals surface area contributed by atoms with Crippen LogP contribution in [0.5, 0.6) is 0 Å². The summed E-state index contributed by atoms with van der Waals surface area (Å²) in [7, 11) is 0. The summed E-state index contributed by atoms with van der Waals surface area (Å²) in [5.41, 5.74) is 1.06. The molecule has 2 atom stereocenters. The number of carbonyl (C=O) groups is 1. The number of halogens is 2. The van der Waals surface area contributed by atoms with Gasteiger partial charge in [-0.15, -0.1) is 0 Å². The van der Waals surface area contributed by atoms with Gasteiger partial charge in [-0.25, -0.2) is 0 Å². The Morgan fingerprint density at radius 1 is 1.29 bits per heavy atom. The minimum absolute atomic E-state index is 0.0474. The summed E-state index contributed by atoms with van der Waals surface area (Å²) in [6.45, 7) is 3.98. The lowest BCUT2D eigenvalue weighted by Gasteiger charge is -2.32. The molecule has 0 spiro atoms. The highest BCUT2D eigenvalue weighted by Crippen LogP contribution is 2.25. The van der Waals surface area contributed by atoms with Crippen LogP contribution in [0.3, 0.4) is 0 Å². The number of nitrogens with one attached hydrogen (secondary N) is 1. The molecule has 3 rings (SSSR count). The average Bonchev–Trinajstić information content (AvgIpc) is 3.09. The predicted molar refractivity (Wildman–Crippen MR) is 96.4 cm³/mol. The molecule has 2 saturated heterocycles. The van der Waals surface area contributed by atoms with E-state index in [1.54, 1.807) is 6.07 Å². The average molecular weight is 371 g/mol. The van der Waals surface area contributed by atoms with Crippen LogP contribution in [0.25, 0.3) is 0 Å². The number of ether oxygens (including phenoxy) is 1. The summed E-state index contributed by atoms with van der Waals surface area (Å²) >= 11 is 12.2. The summed E-state index contributed by atoms with van der Waals surface area (Å²) < 4.78 is 5.56. The van der Waals surface area contributed by atoms with Crippen molar-refractivity contribution in [1.82, 2.24) is 10.2 Å². The maximum Gasteiger partial charge on any atom is 0.224 e. The SMILES string of the molecule is O=C(NC[C@@H]1CCCO1)[C@H]1CCCN(Cc2ccc(Cl)cc2Cl)C1. The standard InChI is InChI=1S/C18H24Cl2N2O2/c19-15-6-5-13(17(20)9-15)11-22-7-1-3-14(12-22)18(23)21-10-16-4-2-8-24-16/h5-6,9,14,16H,1-4,7-8,10-12H2,(H,21,23)/t14-,16-/m0/s1. The van der Waals surface area contributed by atoms with Crippen molar-refractivity contribution in [2.75, 3.05) is 26.2 Å². The monoisotopic (exact) mass is 370 g/mol. The molecule has 6 heteroatoms. The van der Waals surface area contributed by atoms with E-state index >= 15 is 0 Å². The van der Waals surface area contributed by atoms with Crippen LogP contribution in [-0.4, -0.2) is 43.2 Å². The van der Waals surface area contributed by atoms with Crippen LogP contribution in [0.4, 0.5) is 0 Å². The zero-order valence-corrected chi connectivity index (χ0v) is 15.3. The summed E-state index contributed by atoms with van der Waals surface area (Å²) in [5, 5.41) is 4.40. The van der Waals surface area contributed by atoms with Gasteiger partial charge in [0.25, 0.3) is 0 Å². The van der Waals surface area contributed by atoms with Crippen LogP contribution < -0.4 is 5.32 Å². The summed E-state index contributed by atoms with van der Waals surface area (Å²) in [6.07, 6.45) is 4.32. The normalized spacial score (nSPS) is 24.9. The molecule has 0 unspecified atom stereocenters. The van der Waals surface area contributed by atoms with E-state index in [1.807, 2.05) is 12.1 Å². The Morgan fingerprint density at radius 2 is 2.17 bits per heavy atom. The molecule has 0 aliphatic carbocycles. The van der Waals surface area contributed by atoms with Crippen molar-refractivity contribution in [3.63, 3.8) is 0 Å². The number of hydrogen-bond donors (Lipinski definition) is 1. The second-order valence-corrected chi connectivity index (χ2v) is 7.53. The van der Waals surface area contributed by atoms with E-state index in [0.29, 0.717) is 16.6 Å². The highest BCUT2D eigenvalue weighted by atomic mass is 35.5. The Balaban J connectivity index is 1.50. The molecule has 0 bridgehead atoms. The van der Waals surface area contributed by atoms with Crippen LogP contribution >= 0.6 is 23.2 Å². The van der Waals surface area contributed by atoms with Gasteiger partial charge in [0.2, 0.25) is 5.91 Å². The first-order chi connectivity index (χ1) is 11.6. The molecule has 2 fully saturated rings. The molecule has 2 heterocycles. The quantitative estimate of drug-likeness (QED) is 0.862. The van der Waals surface area contributed by atoms with Gasteiger partial charge >= 0.3 is 0 Å². The fourth-order valence-electron chi connectivity index (χ4n) is 3.47. The van der Waals surface area contributed by atoms with Gasteiger partial charge in [0.1, 0.15) is 0 Å². The Hall–Kier alpha value is -0.810. The van der Waals surface area contributed by atoms with E-state index in [2.05, 4.69) is 10.2 Å². The number of amides is 1. The third-order valence-corrected chi connectivity index (χ3v) is 5.40. The summed E-state index contributed by atoms with van der Waals surface area (Å²) in [5.74, 6) is 0.198. The molecule has 0 saturated carbocycles. The molecule has 1 aromatic rings. The Morgan fingerprint density at radius 3 is 2.92 bits per heavy atom. The van der Waals surface area contributed by atoms with Crippen LogP contribution in [0.15, 0.2) is 18.2 Å². The van der Waals surface area contributed by atoms with Gasteiger partial charge < -0.3 is 10.1 Å². The molecule has 1 aromatic carbocycles. The largest absolute Gasteiger partial charge is 0.376 e. The van der Waals surface area contributed by atoms with Crippen LogP contribution in [0.2, 0.25) is 10.0 Å². The topological polar surface area (TPSA) is 41.6 Å². The van der Waals surface area contributed by atoms with Gasteiger partial charge in [0, 0.05) is 36.3 Å². The molecule has 2 aliphatic rings. The third-order valence-electron chi connectivity index (χ3n) is 4.81. The summed E-state index contributed by atoms with van der Waals surface area (Å²) in [4.78, 5) is 14.7. The molecular formula is C18H24Cl2N2O2. The molecule has 132 valence electrons.